The molecule has 1 heterocycles. The lowest BCUT2D eigenvalue weighted by Gasteiger charge is -2.21. The smallest absolute Gasteiger partial charge is 0.199 e. The number of hydrogen-bond acceptors (Lipinski definition) is 1. The first-order chi connectivity index (χ1) is 11.3. The highest BCUT2D eigenvalue weighted by Gasteiger charge is 2.21. The van der Waals surface area contributed by atoms with Crippen LogP contribution in [-0.2, 0) is 0 Å². The molecule has 0 aliphatic carbocycles. The first-order valence-corrected chi connectivity index (χ1v) is 10.1. The van der Waals surface area contributed by atoms with Crippen LogP contribution >= 0.6 is 0 Å². The van der Waals surface area contributed by atoms with Crippen LogP contribution in [-0.4, -0.2) is 17.4 Å². The summed E-state index contributed by atoms with van der Waals surface area (Å²) in [6, 6.07) is 0. The fourth-order valence-electron chi connectivity index (χ4n) is 3.28. The standard InChI is InChI=1S/C21H39N2/c1-3-5-6-7-8-9-10-11-12-13-14-15-16-17-19-23(4-2)20-18-22-21-23/h4,18,20-21H,2-3,5-17,19H2,1H3/q+1. The number of unbranched alkanes of at least 4 members (excludes halogenated alkanes) is 13. The van der Waals surface area contributed by atoms with Crippen LogP contribution in [0.2, 0.25) is 0 Å². The molecule has 0 N–H and O–H groups in total. The Labute approximate surface area is 145 Å². The third-order valence-corrected chi connectivity index (χ3v) is 4.95. The fraction of sp³-hybridized carbons (Fsp3) is 0.762. The average Bonchev–Trinajstić information content (AvgIpc) is 3.04. The number of rotatable bonds is 16. The molecule has 0 spiro atoms. The molecule has 1 unspecified atom stereocenters. The molecule has 0 aromatic carbocycles. The molecule has 0 saturated carbocycles. The summed E-state index contributed by atoms with van der Waals surface area (Å²) in [5.41, 5.74) is 0. The molecule has 0 fully saturated rings. The Morgan fingerprint density at radius 3 is 1.65 bits per heavy atom. The Morgan fingerprint density at radius 1 is 0.783 bits per heavy atom. The van der Waals surface area contributed by atoms with Crippen LogP contribution in [0.4, 0.5) is 0 Å². The van der Waals surface area contributed by atoms with Crippen molar-refractivity contribution in [2.24, 2.45) is 4.99 Å². The first kappa shape index (κ1) is 20.2. The van der Waals surface area contributed by atoms with Gasteiger partial charge in [-0.3, -0.25) is 0 Å². The van der Waals surface area contributed by atoms with E-state index in [1.54, 1.807) is 0 Å². The Kier molecular flexibility index (Phi) is 11.9. The van der Waals surface area contributed by atoms with Crippen LogP contribution in [0.15, 0.2) is 30.2 Å². The predicted octanol–water partition coefficient (Wildman–Crippen LogP) is 6.94. The number of quaternary nitrogens is 1. The van der Waals surface area contributed by atoms with E-state index in [-0.39, 0.29) is 0 Å². The van der Waals surface area contributed by atoms with E-state index >= 15 is 0 Å². The lowest BCUT2D eigenvalue weighted by molar-refractivity contribution is -0.721. The van der Waals surface area contributed by atoms with Crippen molar-refractivity contribution in [3.8, 4) is 0 Å². The maximum absolute atomic E-state index is 4.19. The summed E-state index contributed by atoms with van der Waals surface area (Å²) in [7, 11) is 0. The van der Waals surface area contributed by atoms with Crippen molar-refractivity contribution in [2.75, 3.05) is 6.54 Å². The number of nitrogens with zero attached hydrogens (tertiary/aromatic N) is 2. The van der Waals surface area contributed by atoms with Crippen LogP contribution in [0.25, 0.3) is 0 Å². The molecule has 1 rings (SSSR count). The molecule has 1 aliphatic heterocycles. The second kappa shape index (κ2) is 13.5. The minimum atomic E-state index is 0.734. The monoisotopic (exact) mass is 319 g/mol. The molecule has 0 radical (unpaired) electrons. The van der Waals surface area contributed by atoms with E-state index < -0.39 is 0 Å². The van der Waals surface area contributed by atoms with Crippen molar-refractivity contribution < 1.29 is 4.48 Å². The van der Waals surface area contributed by atoms with E-state index in [1.165, 1.54) is 89.9 Å². The molecule has 1 atom stereocenters. The summed E-state index contributed by atoms with van der Waals surface area (Å²) >= 11 is 0. The lowest BCUT2D eigenvalue weighted by atomic mass is 10.0. The van der Waals surface area contributed by atoms with Gasteiger partial charge in [0.15, 0.2) is 6.34 Å². The third kappa shape index (κ3) is 9.76. The van der Waals surface area contributed by atoms with Crippen molar-refractivity contribution in [3.63, 3.8) is 0 Å². The molecule has 132 valence electrons. The van der Waals surface area contributed by atoms with E-state index in [2.05, 4.69) is 24.7 Å². The molecule has 0 aromatic heterocycles. The van der Waals surface area contributed by atoms with Gasteiger partial charge in [0.25, 0.3) is 0 Å². The molecular weight excluding hydrogens is 280 g/mol. The SMILES string of the molecule is C=C[N+]1(CCCCCCCCCCCCCCCC)C=CN=C1. The van der Waals surface area contributed by atoms with Gasteiger partial charge in [0.2, 0.25) is 0 Å². The summed E-state index contributed by atoms with van der Waals surface area (Å²) in [5, 5.41) is 0. The van der Waals surface area contributed by atoms with Gasteiger partial charge in [0.05, 0.1) is 18.9 Å². The van der Waals surface area contributed by atoms with Gasteiger partial charge in [-0.2, -0.15) is 0 Å². The van der Waals surface area contributed by atoms with Crippen LogP contribution in [0.1, 0.15) is 96.8 Å². The maximum Gasteiger partial charge on any atom is 0.199 e. The van der Waals surface area contributed by atoms with Gasteiger partial charge in [-0.25, -0.2) is 9.48 Å². The molecule has 2 nitrogen and oxygen atoms in total. The van der Waals surface area contributed by atoms with Gasteiger partial charge in [-0.15, -0.1) is 0 Å². The topological polar surface area (TPSA) is 12.4 Å². The minimum absolute atomic E-state index is 0.734. The van der Waals surface area contributed by atoms with E-state index in [9.17, 15) is 0 Å². The largest absolute Gasteiger partial charge is 0.228 e. The predicted molar refractivity (Wildman–Crippen MR) is 103 cm³/mol. The van der Waals surface area contributed by atoms with Crippen LogP contribution in [0.5, 0.6) is 0 Å². The maximum atomic E-state index is 4.19. The van der Waals surface area contributed by atoms with Crippen LogP contribution in [0, 0.1) is 0 Å². The number of hydrogen-bond donors (Lipinski definition) is 0. The van der Waals surface area contributed by atoms with Gasteiger partial charge >= 0.3 is 0 Å². The second-order valence-electron chi connectivity index (χ2n) is 7.06. The van der Waals surface area contributed by atoms with E-state index in [1.807, 2.05) is 18.7 Å². The molecule has 1 aliphatic rings. The van der Waals surface area contributed by atoms with Gasteiger partial charge in [0.1, 0.15) is 6.20 Å². The Balaban J connectivity index is 1.79. The molecule has 23 heavy (non-hydrogen) atoms. The molecule has 2 heteroatoms. The zero-order valence-corrected chi connectivity index (χ0v) is 15.5. The van der Waals surface area contributed by atoms with E-state index in [4.69, 9.17) is 0 Å². The van der Waals surface area contributed by atoms with Gasteiger partial charge in [-0.1, -0.05) is 84.0 Å². The van der Waals surface area contributed by atoms with Gasteiger partial charge in [0, 0.05) is 0 Å². The Hall–Kier alpha value is -0.890. The Morgan fingerprint density at radius 2 is 1.26 bits per heavy atom. The molecule has 0 amide bonds. The van der Waals surface area contributed by atoms with Crippen LogP contribution < -0.4 is 0 Å². The Bertz CT molecular complexity index is 332. The molecule has 0 saturated heterocycles. The van der Waals surface area contributed by atoms with Crippen molar-refractivity contribution in [3.05, 3.63) is 25.2 Å². The lowest BCUT2D eigenvalue weighted by Crippen LogP contribution is -2.34. The van der Waals surface area contributed by atoms with E-state index in [0.717, 1.165) is 11.0 Å². The average molecular weight is 320 g/mol. The van der Waals surface area contributed by atoms with Crippen LogP contribution in [0.3, 0.4) is 0 Å². The summed E-state index contributed by atoms with van der Waals surface area (Å²) in [6.07, 6.45) is 27.7. The number of aliphatic imine (C=N–C) groups is 1. The van der Waals surface area contributed by atoms with Crippen molar-refractivity contribution in [1.29, 1.82) is 0 Å². The van der Waals surface area contributed by atoms with Crippen molar-refractivity contribution >= 4 is 6.34 Å². The summed E-state index contributed by atoms with van der Waals surface area (Å²) in [4.78, 5) is 4.19. The first-order valence-electron chi connectivity index (χ1n) is 10.1. The second-order valence-corrected chi connectivity index (χ2v) is 7.06. The highest BCUT2D eigenvalue weighted by Crippen LogP contribution is 2.16. The van der Waals surface area contributed by atoms with Crippen molar-refractivity contribution in [1.82, 2.24) is 0 Å². The zero-order chi connectivity index (χ0) is 16.6. The normalized spacial score (nSPS) is 19.5. The quantitative estimate of drug-likeness (QED) is 0.216. The molecule has 0 aromatic rings. The summed E-state index contributed by atoms with van der Waals surface area (Å²) in [5.74, 6) is 0. The fourth-order valence-corrected chi connectivity index (χ4v) is 3.28. The highest BCUT2D eigenvalue weighted by molar-refractivity contribution is 5.51. The molecular formula is C21H39N2+. The summed E-state index contributed by atoms with van der Waals surface area (Å²) in [6.45, 7) is 7.33. The molecule has 0 bridgehead atoms. The minimum Gasteiger partial charge on any atom is -0.228 e. The zero-order valence-electron chi connectivity index (χ0n) is 15.5. The van der Waals surface area contributed by atoms with Gasteiger partial charge < -0.3 is 0 Å². The highest BCUT2D eigenvalue weighted by atomic mass is 15.4. The van der Waals surface area contributed by atoms with Crippen molar-refractivity contribution in [2.45, 2.75) is 96.8 Å². The summed E-state index contributed by atoms with van der Waals surface area (Å²) < 4.78 is 0.734. The van der Waals surface area contributed by atoms with E-state index in [0.29, 0.717) is 0 Å². The van der Waals surface area contributed by atoms with Gasteiger partial charge in [-0.05, 0) is 19.4 Å². The third-order valence-electron chi connectivity index (χ3n) is 4.95.